The third-order valence-electron chi connectivity index (χ3n) is 1.97. The van der Waals surface area contributed by atoms with E-state index in [0.29, 0.717) is 6.42 Å². The Kier molecular flexibility index (Phi) is 2.08. The predicted octanol–water partition coefficient (Wildman–Crippen LogP) is 1.49. The van der Waals surface area contributed by atoms with Crippen LogP contribution in [-0.2, 0) is 4.74 Å². The lowest BCUT2D eigenvalue weighted by molar-refractivity contribution is 0.135. The summed E-state index contributed by atoms with van der Waals surface area (Å²) in [7, 11) is 0. The fourth-order valence-corrected chi connectivity index (χ4v) is 1.30. The molecular weight excluding hydrogens is 140 g/mol. The van der Waals surface area contributed by atoms with Gasteiger partial charge in [-0.05, 0) is 27.2 Å². The van der Waals surface area contributed by atoms with Crippen LogP contribution in [0.5, 0.6) is 0 Å². The molecule has 0 bridgehead atoms. The quantitative estimate of drug-likeness (QED) is 0.496. The molecule has 2 heteroatoms. The highest BCUT2D eigenvalue weighted by atomic mass is 16.6. The molecule has 11 heavy (non-hydrogen) atoms. The van der Waals surface area contributed by atoms with Crippen molar-refractivity contribution in [3.8, 4) is 0 Å². The van der Waals surface area contributed by atoms with Gasteiger partial charge in [0.2, 0.25) is 0 Å². The maximum Gasteiger partial charge on any atom is 0.113 e. The molecule has 0 aromatic heterocycles. The summed E-state index contributed by atoms with van der Waals surface area (Å²) in [5, 5.41) is 9.51. The molecule has 2 unspecified atom stereocenters. The lowest BCUT2D eigenvalue weighted by Crippen LogP contribution is -2.20. The third kappa shape index (κ3) is 2.04. The average Bonchev–Trinajstić information content (AvgIpc) is 2.38. The van der Waals surface area contributed by atoms with Gasteiger partial charge in [-0.3, -0.25) is 0 Å². The topological polar surface area (TPSA) is 32.8 Å². The van der Waals surface area contributed by atoms with Gasteiger partial charge in [-0.15, -0.1) is 6.58 Å². The van der Waals surface area contributed by atoms with Crippen molar-refractivity contribution in [1.29, 1.82) is 0 Å². The van der Waals surface area contributed by atoms with Crippen molar-refractivity contribution in [3.05, 3.63) is 12.2 Å². The van der Waals surface area contributed by atoms with Crippen LogP contribution < -0.4 is 0 Å². The highest BCUT2D eigenvalue weighted by Gasteiger charge is 2.51. The zero-order valence-corrected chi connectivity index (χ0v) is 7.42. The minimum absolute atomic E-state index is 0.0131. The second-order valence-corrected chi connectivity index (χ2v) is 3.87. The molecule has 0 amide bonds. The smallest absolute Gasteiger partial charge is 0.113 e. The Hall–Kier alpha value is -0.340. The molecule has 2 nitrogen and oxygen atoms in total. The molecule has 1 aliphatic rings. The van der Waals surface area contributed by atoms with Gasteiger partial charge in [-0.1, -0.05) is 5.57 Å². The van der Waals surface area contributed by atoms with Crippen LogP contribution in [-0.4, -0.2) is 22.9 Å². The normalized spacial score (nSPS) is 29.6. The van der Waals surface area contributed by atoms with Gasteiger partial charge in [-0.25, -0.2) is 0 Å². The van der Waals surface area contributed by atoms with Gasteiger partial charge >= 0.3 is 0 Å². The Balaban J connectivity index is 2.34. The van der Waals surface area contributed by atoms with Crippen LogP contribution in [0.4, 0.5) is 0 Å². The first-order chi connectivity index (χ1) is 4.93. The van der Waals surface area contributed by atoms with Crippen molar-refractivity contribution in [2.75, 3.05) is 0 Å². The first-order valence-electron chi connectivity index (χ1n) is 3.94. The molecule has 0 aromatic rings. The number of hydrogen-bond acceptors (Lipinski definition) is 2. The van der Waals surface area contributed by atoms with E-state index in [0.717, 1.165) is 5.57 Å². The molecule has 1 N–H and O–H groups in total. The monoisotopic (exact) mass is 156 g/mol. The fraction of sp³-hybridized carbons (Fsp3) is 0.778. The van der Waals surface area contributed by atoms with E-state index in [1.807, 2.05) is 20.8 Å². The summed E-state index contributed by atoms with van der Waals surface area (Å²) in [5.41, 5.74) is 0.887. The van der Waals surface area contributed by atoms with Crippen molar-refractivity contribution in [2.45, 2.75) is 45.0 Å². The van der Waals surface area contributed by atoms with Crippen LogP contribution >= 0.6 is 0 Å². The van der Waals surface area contributed by atoms with E-state index in [2.05, 4.69) is 6.58 Å². The van der Waals surface area contributed by atoms with Gasteiger partial charge in [-0.2, -0.15) is 0 Å². The number of hydrogen-bond donors (Lipinski definition) is 1. The maximum atomic E-state index is 9.51. The molecular formula is C9H16O2. The molecule has 1 fully saturated rings. The second-order valence-electron chi connectivity index (χ2n) is 3.87. The van der Waals surface area contributed by atoms with Gasteiger partial charge in [0.05, 0.1) is 11.7 Å². The summed E-state index contributed by atoms with van der Waals surface area (Å²) in [4.78, 5) is 0. The molecule has 64 valence electrons. The summed E-state index contributed by atoms with van der Waals surface area (Å²) in [6.07, 6.45) is 0.287. The maximum absolute atomic E-state index is 9.51. The van der Waals surface area contributed by atoms with Gasteiger partial charge in [0, 0.05) is 0 Å². The van der Waals surface area contributed by atoms with E-state index in [1.165, 1.54) is 0 Å². The van der Waals surface area contributed by atoms with E-state index >= 15 is 0 Å². The average molecular weight is 156 g/mol. The van der Waals surface area contributed by atoms with Gasteiger partial charge in [0.25, 0.3) is 0 Å². The summed E-state index contributed by atoms with van der Waals surface area (Å²) < 4.78 is 5.28. The van der Waals surface area contributed by atoms with E-state index in [4.69, 9.17) is 4.74 Å². The Morgan fingerprint density at radius 1 is 1.73 bits per heavy atom. The van der Waals surface area contributed by atoms with Crippen LogP contribution in [0.15, 0.2) is 12.2 Å². The fourth-order valence-electron chi connectivity index (χ4n) is 1.30. The number of epoxide rings is 1. The van der Waals surface area contributed by atoms with Crippen LogP contribution in [0.2, 0.25) is 0 Å². The second kappa shape index (κ2) is 2.61. The lowest BCUT2D eigenvalue weighted by Gasteiger charge is -2.07. The Morgan fingerprint density at radius 3 is 2.45 bits per heavy atom. The minimum atomic E-state index is -0.373. The Bertz CT molecular complexity index is 172. The largest absolute Gasteiger partial charge is 0.390 e. The highest BCUT2D eigenvalue weighted by molar-refractivity contribution is 5.03. The molecule has 0 saturated carbocycles. The SMILES string of the molecule is C=C(C)CC(O)C1OC1(C)C. The van der Waals surface area contributed by atoms with E-state index in [-0.39, 0.29) is 17.8 Å². The first-order valence-corrected chi connectivity index (χ1v) is 3.94. The van der Waals surface area contributed by atoms with Crippen LogP contribution in [0.25, 0.3) is 0 Å². The van der Waals surface area contributed by atoms with E-state index in [1.54, 1.807) is 0 Å². The molecule has 0 aromatic carbocycles. The number of aliphatic hydroxyl groups is 1. The zero-order valence-electron chi connectivity index (χ0n) is 7.42. The molecule has 0 aliphatic carbocycles. The van der Waals surface area contributed by atoms with Crippen LogP contribution in [0.3, 0.4) is 0 Å². The summed E-state index contributed by atoms with van der Waals surface area (Å²) in [6.45, 7) is 9.62. The van der Waals surface area contributed by atoms with Crippen molar-refractivity contribution in [3.63, 3.8) is 0 Å². The lowest BCUT2D eigenvalue weighted by atomic mass is 10.0. The highest BCUT2D eigenvalue weighted by Crippen LogP contribution is 2.38. The molecule has 0 spiro atoms. The van der Waals surface area contributed by atoms with Gasteiger partial charge in [0.15, 0.2) is 0 Å². The summed E-state index contributed by atoms with van der Waals surface area (Å²) >= 11 is 0. The summed E-state index contributed by atoms with van der Waals surface area (Å²) in [6, 6.07) is 0. The number of rotatable bonds is 3. The zero-order chi connectivity index (χ0) is 8.65. The molecule has 1 heterocycles. The van der Waals surface area contributed by atoms with Crippen molar-refractivity contribution >= 4 is 0 Å². The number of aliphatic hydroxyl groups excluding tert-OH is 1. The van der Waals surface area contributed by atoms with Crippen LogP contribution in [0.1, 0.15) is 27.2 Å². The molecule has 1 rings (SSSR count). The molecule has 1 aliphatic heterocycles. The molecule has 1 saturated heterocycles. The molecule has 0 radical (unpaired) electrons. The Labute approximate surface area is 67.9 Å². The first kappa shape index (κ1) is 8.75. The van der Waals surface area contributed by atoms with Crippen molar-refractivity contribution < 1.29 is 9.84 Å². The van der Waals surface area contributed by atoms with E-state index in [9.17, 15) is 5.11 Å². The standard InChI is InChI=1S/C9H16O2/c1-6(2)5-7(10)8-9(3,4)11-8/h7-8,10H,1,5H2,2-4H3. The van der Waals surface area contributed by atoms with Crippen molar-refractivity contribution in [1.82, 2.24) is 0 Å². The number of ether oxygens (including phenoxy) is 1. The van der Waals surface area contributed by atoms with Crippen LogP contribution in [0, 0.1) is 0 Å². The van der Waals surface area contributed by atoms with E-state index < -0.39 is 0 Å². The molecule has 2 atom stereocenters. The predicted molar refractivity (Wildman–Crippen MR) is 44.4 cm³/mol. The summed E-state index contributed by atoms with van der Waals surface area (Å²) in [5.74, 6) is 0. The van der Waals surface area contributed by atoms with Gasteiger partial charge in [0.1, 0.15) is 6.10 Å². The minimum Gasteiger partial charge on any atom is -0.390 e. The Morgan fingerprint density at radius 2 is 2.18 bits per heavy atom. The van der Waals surface area contributed by atoms with Gasteiger partial charge < -0.3 is 9.84 Å². The third-order valence-corrected chi connectivity index (χ3v) is 1.97. The van der Waals surface area contributed by atoms with Crippen molar-refractivity contribution in [2.24, 2.45) is 0 Å².